The van der Waals surface area contributed by atoms with Crippen LogP contribution < -0.4 is 14.2 Å². The second-order valence-electron chi connectivity index (χ2n) is 8.33. The van der Waals surface area contributed by atoms with Crippen molar-refractivity contribution in [1.29, 1.82) is 0 Å². The molecule has 10 nitrogen and oxygen atoms in total. The van der Waals surface area contributed by atoms with Crippen molar-refractivity contribution in [1.82, 2.24) is 19.7 Å². The van der Waals surface area contributed by atoms with Gasteiger partial charge in [0.2, 0.25) is 16.0 Å². The average molecular weight is 522 g/mol. The highest BCUT2D eigenvalue weighted by Gasteiger charge is 2.33. The van der Waals surface area contributed by atoms with Gasteiger partial charge in [0.05, 0.1) is 31.1 Å². The van der Waals surface area contributed by atoms with Crippen molar-refractivity contribution < 1.29 is 22.6 Å². The molecule has 188 valence electrons. The lowest BCUT2D eigenvalue weighted by Crippen LogP contribution is -2.31. The number of pyridine rings is 1. The van der Waals surface area contributed by atoms with Crippen molar-refractivity contribution in [2.75, 3.05) is 32.2 Å². The van der Waals surface area contributed by atoms with Gasteiger partial charge in [-0.05, 0) is 37.6 Å². The molecule has 0 saturated carbocycles. The first-order valence-electron chi connectivity index (χ1n) is 11.1. The first-order valence-corrected chi connectivity index (χ1v) is 13.1. The Hall–Kier alpha value is -2.89. The number of hydrogen-bond acceptors (Lipinski definition) is 8. The second kappa shape index (κ2) is 10.4. The van der Waals surface area contributed by atoms with Crippen LogP contribution in [0.3, 0.4) is 0 Å². The molecule has 1 aliphatic rings. The van der Waals surface area contributed by atoms with Crippen LogP contribution in [0.1, 0.15) is 43.6 Å². The summed E-state index contributed by atoms with van der Waals surface area (Å²) in [5, 5.41) is 8.22. The molecule has 3 heterocycles. The Bertz CT molecular complexity index is 1250. The van der Waals surface area contributed by atoms with E-state index in [2.05, 4.69) is 19.9 Å². The monoisotopic (exact) mass is 521 g/mol. The maximum absolute atomic E-state index is 13.5. The van der Waals surface area contributed by atoms with Gasteiger partial charge in [-0.25, -0.2) is 8.42 Å². The summed E-state index contributed by atoms with van der Waals surface area (Å²) in [6, 6.07) is 8.73. The van der Waals surface area contributed by atoms with E-state index < -0.39 is 21.2 Å². The minimum atomic E-state index is -3.91. The molecule has 1 saturated heterocycles. The van der Waals surface area contributed by atoms with Crippen molar-refractivity contribution in [3.8, 4) is 17.2 Å². The maximum atomic E-state index is 13.5. The fourth-order valence-electron chi connectivity index (χ4n) is 4.02. The summed E-state index contributed by atoms with van der Waals surface area (Å²) in [5.74, 6) is 1.09. The van der Waals surface area contributed by atoms with Gasteiger partial charge in [-0.2, -0.15) is 0 Å². The van der Waals surface area contributed by atoms with Crippen molar-refractivity contribution in [2.24, 2.45) is 0 Å². The standard InChI is InChI=1S/C23H28ClN5O5S/c1-14(18-9-8-17(24)12-25-18)15(2)35(30,31)28-23-27-26-22(16-10-11-34-13-16)29(23)21-19(32-3)6-5-7-20(21)33-4/h5-9,12,14-16H,10-11,13H2,1-4H3,(H,27,28)/t14-,15-,16+/m0/s1. The molecule has 12 heteroatoms. The lowest BCUT2D eigenvalue weighted by molar-refractivity contribution is 0.193. The summed E-state index contributed by atoms with van der Waals surface area (Å²) in [4.78, 5) is 4.28. The normalized spacial score (nSPS) is 17.7. The molecule has 35 heavy (non-hydrogen) atoms. The quantitative estimate of drug-likeness (QED) is 0.452. The zero-order chi connectivity index (χ0) is 25.2. The van der Waals surface area contributed by atoms with Crippen LogP contribution in [0.15, 0.2) is 36.5 Å². The van der Waals surface area contributed by atoms with Crippen LogP contribution in [-0.2, 0) is 14.8 Å². The maximum Gasteiger partial charge on any atom is 0.243 e. The summed E-state index contributed by atoms with van der Waals surface area (Å²) < 4.78 is 48.0. The largest absolute Gasteiger partial charge is 0.494 e. The van der Waals surface area contributed by atoms with E-state index in [0.717, 1.165) is 6.42 Å². The van der Waals surface area contributed by atoms with Gasteiger partial charge in [0.15, 0.2) is 0 Å². The van der Waals surface area contributed by atoms with Crippen molar-refractivity contribution >= 4 is 27.6 Å². The van der Waals surface area contributed by atoms with E-state index in [1.54, 1.807) is 48.7 Å². The third-order valence-corrected chi connectivity index (χ3v) is 8.33. The molecule has 0 unspecified atom stereocenters. The Balaban J connectivity index is 1.76. The Labute approximate surface area is 209 Å². The van der Waals surface area contributed by atoms with Gasteiger partial charge in [0.25, 0.3) is 0 Å². The lowest BCUT2D eigenvalue weighted by Gasteiger charge is -2.22. The van der Waals surface area contributed by atoms with E-state index in [1.165, 1.54) is 20.4 Å². The zero-order valence-electron chi connectivity index (χ0n) is 19.9. The third kappa shape index (κ3) is 5.07. The number of ether oxygens (including phenoxy) is 3. The van der Waals surface area contributed by atoms with Crippen molar-refractivity contribution in [2.45, 2.75) is 37.4 Å². The van der Waals surface area contributed by atoms with Crippen LogP contribution in [0.25, 0.3) is 5.69 Å². The summed E-state index contributed by atoms with van der Waals surface area (Å²) >= 11 is 5.93. The van der Waals surface area contributed by atoms with Crippen LogP contribution in [0.2, 0.25) is 5.02 Å². The number of anilines is 1. The Kier molecular flexibility index (Phi) is 7.48. The molecule has 3 aromatic rings. The molecule has 3 atom stereocenters. The Morgan fingerprint density at radius 3 is 2.43 bits per heavy atom. The SMILES string of the molecule is COc1cccc(OC)c1-n1c(NS(=O)(=O)[C@@H](C)[C@H](C)c2ccc(Cl)cn2)nnc1[C@@H]1CCOC1. The number of hydrogen-bond donors (Lipinski definition) is 1. The number of sulfonamides is 1. The topological polar surface area (TPSA) is 117 Å². The van der Waals surface area contributed by atoms with Crippen LogP contribution in [0.4, 0.5) is 5.95 Å². The Morgan fingerprint density at radius 1 is 1.14 bits per heavy atom. The number of para-hydroxylation sites is 1. The fraction of sp³-hybridized carbons (Fsp3) is 0.435. The van der Waals surface area contributed by atoms with Crippen molar-refractivity contribution in [3.05, 3.63) is 53.1 Å². The number of methoxy groups -OCH3 is 2. The molecule has 0 radical (unpaired) electrons. The van der Waals surface area contributed by atoms with Gasteiger partial charge < -0.3 is 14.2 Å². The van der Waals surface area contributed by atoms with E-state index in [0.29, 0.717) is 46.9 Å². The molecule has 4 rings (SSSR count). The van der Waals surface area contributed by atoms with Crippen LogP contribution in [-0.4, -0.2) is 60.8 Å². The number of nitrogens with zero attached hydrogens (tertiary/aromatic N) is 4. The highest BCUT2D eigenvalue weighted by molar-refractivity contribution is 7.93. The van der Waals surface area contributed by atoms with E-state index >= 15 is 0 Å². The molecule has 1 N–H and O–H groups in total. The number of benzene rings is 1. The smallest absolute Gasteiger partial charge is 0.243 e. The van der Waals surface area contributed by atoms with Gasteiger partial charge in [0.1, 0.15) is 23.0 Å². The van der Waals surface area contributed by atoms with Gasteiger partial charge in [0, 0.05) is 30.3 Å². The highest BCUT2D eigenvalue weighted by atomic mass is 35.5. The molecule has 0 spiro atoms. The first kappa shape index (κ1) is 25.2. The fourth-order valence-corrected chi connectivity index (χ4v) is 5.38. The van der Waals surface area contributed by atoms with Crippen LogP contribution in [0, 0.1) is 0 Å². The van der Waals surface area contributed by atoms with Gasteiger partial charge in [-0.3, -0.25) is 14.3 Å². The summed E-state index contributed by atoms with van der Waals surface area (Å²) in [7, 11) is -0.839. The molecule has 1 fully saturated rings. The minimum absolute atomic E-state index is 0.0396. The van der Waals surface area contributed by atoms with E-state index in [1.807, 2.05) is 0 Å². The van der Waals surface area contributed by atoms with E-state index in [9.17, 15) is 8.42 Å². The molecule has 0 amide bonds. The molecular formula is C23H28ClN5O5S. The third-order valence-electron chi connectivity index (χ3n) is 6.25. The Morgan fingerprint density at radius 2 is 1.86 bits per heavy atom. The van der Waals surface area contributed by atoms with Gasteiger partial charge in [-0.1, -0.05) is 24.6 Å². The van der Waals surface area contributed by atoms with E-state index in [-0.39, 0.29) is 11.9 Å². The molecular weight excluding hydrogens is 494 g/mol. The minimum Gasteiger partial charge on any atom is -0.494 e. The number of aromatic nitrogens is 4. The second-order valence-corrected chi connectivity index (χ2v) is 10.8. The van der Waals surface area contributed by atoms with Crippen molar-refractivity contribution in [3.63, 3.8) is 0 Å². The molecule has 1 aliphatic heterocycles. The van der Waals surface area contributed by atoms with E-state index in [4.69, 9.17) is 25.8 Å². The lowest BCUT2D eigenvalue weighted by atomic mass is 10.0. The zero-order valence-corrected chi connectivity index (χ0v) is 21.5. The van der Waals surface area contributed by atoms with Gasteiger partial charge >= 0.3 is 0 Å². The highest BCUT2D eigenvalue weighted by Crippen LogP contribution is 2.38. The predicted molar refractivity (Wildman–Crippen MR) is 132 cm³/mol. The van der Waals surface area contributed by atoms with Crippen LogP contribution >= 0.6 is 11.6 Å². The molecule has 1 aromatic carbocycles. The van der Waals surface area contributed by atoms with Gasteiger partial charge in [-0.15, -0.1) is 10.2 Å². The predicted octanol–water partition coefficient (Wildman–Crippen LogP) is 3.77. The summed E-state index contributed by atoms with van der Waals surface area (Å²) in [6.07, 6.45) is 2.23. The number of rotatable bonds is 9. The first-order chi connectivity index (χ1) is 16.8. The van der Waals surface area contributed by atoms with Crippen LogP contribution in [0.5, 0.6) is 11.5 Å². The molecule has 0 aliphatic carbocycles. The average Bonchev–Trinajstić information content (AvgIpc) is 3.52. The summed E-state index contributed by atoms with van der Waals surface area (Å²) in [6.45, 7) is 4.47. The number of nitrogens with one attached hydrogen (secondary N) is 1. The molecule has 2 aromatic heterocycles. The molecule has 0 bridgehead atoms. The number of halogens is 1. The summed E-state index contributed by atoms with van der Waals surface area (Å²) in [5.41, 5.74) is 1.12.